The van der Waals surface area contributed by atoms with Crippen molar-refractivity contribution in [2.24, 2.45) is 16.8 Å². The second-order valence-electron chi connectivity index (χ2n) is 8.47. The van der Waals surface area contributed by atoms with Gasteiger partial charge in [-0.05, 0) is 30.9 Å². The van der Waals surface area contributed by atoms with Crippen molar-refractivity contribution in [3.8, 4) is 0 Å². The third-order valence-corrected chi connectivity index (χ3v) is 6.39. The molecule has 2 aromatic rings. The van der Waals surface area contributed by atoms with E-state index in [1.807, 2.05) is 19.6 Å². The second-order valence-corrected chi connectivity index (χ2v) is 9.25. The number of imidazole rings is 1. The molecule has 0 aliphatic carbocycles. The van der Waals surface area contributed by atoms with Gasteiger partial charge in [-0.1, -0.05) is 32.5 Å². The number of piperidine rings is 1. The Labute approximate surface area is 207 Å². The zero-order valence-electron chi connectivity index (χ0n) is 19.4. The number of likely N-dealkylation sites (tertiary alicyclic amines) is 1. The van der Waals surface area contributed by atoms with Crippen molar-refractivity contribution in [1.82, 2.24) is 34.5 Å². The lowest BCUT2D eigenvalue weighted by Crippen LogP contribution is -2.49. The standard InChI is InChI=1S/C21H36N8S.HI/c1-16(2)13-29-19(25-26-21(29)30-5)7-6-9-24-20(22-4)27-11-8-17(3)18(14-27)28-12-10-23-15-28;/h10,12,15-18H,6-9,11,13-14H2,1-5H3,(H,22,24);1H. The summed E-state index contributed by atoms with van der Waals surface area (Å²) in [6.07, 6.45) is 11.0. The highest BCUT2D eigenvalue weighted by Gasteiger charge is 2.28. The topological polar surface area (TPSA) is 76.2 Å². The Balaban J connectivity index is 0.00000341. The number of rotatable bonds is 8. The molecule has 31 heavy (non-hydrogen) atoms. The van der Waals surface area contributed by atoms with Gasteiger partial charge in [0.2, 0.25) is 0 Å². The van der Waals surface area contributed by atoms with Gasteiger partial charge in [0.1, 0.15) is 5.82 Å². The van der Waals surface area contributed by atoms with Gasteiger partial charge in [0.25, 0.3) is 0 Å². The molecule has 0 saturated carbocycles. The van der Waals surface area contributed by atoms with Crippen LogP contribution in [0.5, 0.6) is 0 Å². The minimum Gasteiger partial charge on any atom is -0.356 e. The maximum absolute atomic E-state index is 4.54. The van der Waals surface area contributed by atoms with Gasteiger partial charge in [-0.2, -0.15) is 0 Å². The van der Waals surface area contributed by atoms with E-state index in [0.29, 0.717) is 17.9 Å². The summed E-state index contributed by atoms with van der Waals surface area (Å²) >= 11 is 1.67. The molecule has 1 aliphatic rings. The van der Waals surface area contributed by atoms with Crippen molar-refractivity contribution >= 4 is 41.7 Å². The van der Waals surface area contributed by atoms with Gasteiger partial charge < -0.3 is 19.4 Å². The van der Waals surface area contributed by atoms with E-state index in [4.69, 9.17) is 0 Å². The van der Waals surface area contributed by atoms with Gasteiger partial charge in [0.05, 0.1) is 12.4 Å². The minimum atomic E-state index is 0. The smallest absolute Gasteiger partial charge is 0.193 e. The first-order valence-electron chi connectivity index (χ1n) is 10.9. The molecule has 0 radical (unpaired) electrons. The fourth-order valence-corrected chi connectivity index (χ4v) is 4.60. The number of nitrogens with one attached hydrogen (secondary N) is 1. The lowest BCUT2D eigenvalue weighted by molar-refractivity contribution is 0.189. The van der Waals surface area contributed by atoms with Crippen molar-refractivity contribution in [2.75, 3.05) is 32.9 Å². The molecule has 1 aliphatic heterocycles. The average molecular weight is 561 g/mol. The van der Waals surface area contributed by atoms with E-state index in [9.17, 15) is 0 Å². The normalized spacial score (nSPS) is 19.5. The Morgan fingerprint density at radius 3 is 2.81 bits per heavy atom. The van der Waals surface area contributed by atoms with Crippen LogP contribution in [-0.4, -0.2) is 68.1 Å². The number of aliphatic imine (C=N–C) groups is 1. The van der Waals surface area contributed by atoms with Crippen molar-refractivity contribution in [3.05, 3.63) is 24.5 Å². The Morgan fingerprint density at radius 1 is 1.35 bits per heavy atom. The maximum Gasteiger partial charge on any atom is 0.193 e. The molecule has 1 saturated heterocycles. The molecule has 3 rings (SSSR count). The quantitative estimate of drug-likeness (QED) is 0.175. The first-order valence-corrected chi connectivity index (χ1v) is 12.1. The maximum atomic E-state index is 4.54. The van der Waals surface area contributed by atoms with Crippen LogP contribution in [-0.2, 0) is 13.0 Å². The van der Waals surface area contributed by atoms with Gasteiger partial charge >= 0.3 is 0 Å². The van der Waals surface area contributed by atoms with Crippen LogP contribution in [0.4, 0.5) is 0 Å². The molecule has 0 aromatic carbocycles. The number of hydrogen-bond donors (Lipinski definition) is 1. The summed E-state index contributed by atoms with van der Waals surface area (Å²) in [6, 6.07) is 0.430. The van der Waals surface area contributed by atoms with E-state index in [1.54, 1.807) is 11.8 Å². The van der Waals surface area contributed by atoms with Crippen LogP contribution < -0.4 is 5.32 Å². The molecule has 174 valence electrons. The number of nitrogens with zero attached hydrogens (tertiary/aromatic N) is 7. The average Bonchev–Trinajstić information content (AvgIpc) is 3.39. The summed E-state index contributed by atoms with van der Waals surface area (Å²) in [4.78, 5) is 11.1. The molecule has 2 atom stereocenters. The van der Waals surface area contributed by atoms with Crippen molar-refractivity contribution in [3.63, 3.8) is 0 Å². The molecule has 0 bridgehead atoms. The number of guanidine groups is 1. The van der Waals surface area contributed by atoms with Crippen LogP contribution in [0.15, 0.2) is 28.9 Å². The highest BCUT2D eigenvalue weighted by atomic mass is 127. The Bertz CT molecular complexity index is 804. The van der Waals surface area contributed by atoms with E-state index in [-0.39, 0.29) is 24.0 Å². The lowest BCUT2D eigenvalue weighted by Gasteiger charge is -2.39. The summed E-state index contributed by atoms with van der Waals surface area (Å²) in [7, 11) is 1.87. The molecule has 8 nitrogen and oxygen atoms in total. The van der Waals surface area contributed by atoms with E-state index in [1.165, 1.54) is 0 Å². The van der Waals surface area contributed by atoms with Crippen LogP contribution in [0.2, 0.25) is 0 Å². The van der Waals surface area contributed by atoms with E-state index < -0.39 is 0 Å². The molecule has 2 unspecified atom stereocenters. The minimum absolute atomic E-state index is 0. The van der Waals surface area contributed by atoms with Crippen molar-refractivity contribution in [1.29, 1.82) is 0 Å². The molecular formula is C21H37IN8S. The van der Waals surface area contributed by atoms with Gasteiger partial charge in [0, 0.05) is 52.0 Å². The Hall–Kier alpha value is -1.30. The lowest BCUT2D eigenvalue weighted by atomic mass is 9.93. The zero-order valence-corrected chi connectivity index (χ0v) is 22.5. The SMILES string of the molecule is CN=C(NCCCc1nnc(SC)n1CC(C)C)N1CCC(C)C(n2ccnc2)C1.I. The molecule has 1 fully saturated rings. The number of aromatic nitrogens is 5. The highest BCUT2D eigenvalue weighted by molar-refractivity contribution is 14.0. The summed E-state index contributed by atoms with van der Waals surface area (Å²) in [5.41, 5.74) is 0. The first kappa shape index (κ1) is 26.0. The number of halogens is 1. The van der Waals surface area contributed by atoms with Crippen LogP contribution in [0.25, 0.3) is 0 Å². The van der Waals surface area contributed by atoms with E-state index in [0.717, 1.165) is 62.4 Å². The summed E-state index contributed by atoms with van der Waals surface area (Å²) in [5.74, 6) is 3.27. The van der Waals surface area contributed by atoms with Gasteiger partial charge in [0.15, 0.2) is 11.1 Å². The summed E-state index contributed by atoms with van der Waals surface area (Å²) < 4.78 is 4.50. The largest absolute Gasteiger partial charge is 0.356 e. The fraction of sp³-hybridized carbons (Fsp3) is 0.714. The summed E-state index contributed by atoms with van der Waals surface area (Å²) in [5, 5.41) is 13.3. The first-order chi connectivity index (χ1) is 14.5. The van der Waals surface area contributed by atoms with E-state index in [2.05, 4.69) is 72.7 Å². The summed E-state index contributed by atoms with van der Waals surface area (Å²) in [6.45, 7) is 10.6. The molecule has 0 amide bonds. The van der Waals surface area contributed by atoms with Gasteiger partial charge in [-0.3, -0.25) is 4.99 Å². The third-order valence-electron chi connectivity index (χ3n) is 5.72. The Kier molecular flexibility index (Phi) is 10.6. The van der Waals surface area contributed by atoms with E-state index >= 15 is 0 Å². The molecular weight excluding hydrogens is 523 g/mol. The molecule has 10 heteroatoms. The predicted octanol–water partition coefficient (Wildman–Crippen LogP) is 3.56. The van der Waals surface area contributed by atoms with Crippen molar-refractivity contribution in [2.45, 2.75) is 57.8 Å². The van der Waals surface area contributed by atoms with Gasteiger partial charge in [-0.25, -0.2) is 4.98 Å². The molecule has 2 aromatic heterocycles. The van der Waals surface area contributed by atoms with Gasteiger partial charge in [-0.15, -0.1) is 34.2 Å². The number of aryl methyl sites for hydroxylation is 1. The second kappa shape index (κ2) is 12.7. The molecule has 1 N–H and O–H groups in total. The zero-order chi connectivity index (χ0) is 21.5. The fourth-order valence-electron chi connectivity index (χ4n) is 4.08. The van der Waals surface area contributed by atoms with Crippen LogP contribution >= 0.6 is 35.7 Å². The van der Waals surface area contributed by atoms with Crippen LogP contribution in [0.3, 0.4) is 0 Å². The molecule has 3 heterocycles. The van der Waals surface area contributed by atoms with Crippen LogP contribution in [0, 0.1) is 11.8 Å². The monoisotopic (exact) mass is 560 g/mol. The van der Waals surface area contributed by atoms with Crippen LogP contribution in [0.1, 0.15) is 45.5 Å². The molecule has 0 spiro atoms. The Morgan fingerprint density at radius 2 is 2.16 bits per heavy atom. The van der Waals surface area contributed by atoms with Crippen molar-refractivity contribution < 1.29 is 0 Å². The highest BCUT2D eigenvalue weighted by Crippen LogP contribution is 2.27. The third kappa shape index (κ3) is 6.84. The number of thioether (sulfide) groups is 1. The number of hydrogen-bond acceptors (Lipinski definition) is 5. The predicted molar refractivity (Wildman–Crippen MR) is 138 cm³/mol.